The van der Waals surface area contributed by atoms with E-state index in [2.05, 4.69) is 4.99 Å². The first-order valence-corrected chi connectivity index (χ1v) is 5.70. The van der Waals surface area contributed by atoms with Crippen LogP contribution in [0.3, 0.4) is 0 Å². The molecule has 6 heteroatoms. The molecule has 5 nitrogen and oxygen atoms in total. The van der Waals surface area contributed by atoms with E-state index in [0.29, 0.717) is 6.42 Å². The lowest BCUT2D eigenvalue weighted by Gasteiger charge is -2.20. The molecule has 0 bridgehead atoms. The van der Waals surface area contributed by atoms with Gasteiger partial charge in [0.25, 0.3) is 10.1 Å². The van der Waals surface area contributed by atoms with Gasteiger partial charge in [-0.05, 0) is 24.8 Å². The molecule has 80 valence electrons. The van der Waals surface area contributed by atoms with Crippen LogP contribution in [0.25, 0.3) is 0 Å². The Morgan fingerprint density at radius 2 is 2.21 bits per heavy atom. The van der Waals surface area contributed by atoms with Crippen LogP contribution in [0.4, 0.5) is 0 Å². The van der Waals surface area contributed by atoms with Gasteiger partial charge < -0.3 is 5.11 Å². The highest BCUT2D eigenvalue weighted by Gasteiger charge is 2.27. The van der Waals surface area contributed by atoms with Crippen molar-refractivity contribution in [3.8, 4) is 0 Å². The largest absolute Gasteiger partial charge is 0.372 e. The molecule has 0 aliphatic carbocycles. The Labute approximate surface area is 82.9 Å². The van der Waals surface area contributed by atoms with Crippen molar-refractivity contribution in [2.45, 2.75) is 25.7 Å². The van der Waals surface area contributed by atoms with E-state index < -0.39 is 15.6 Å². The first kappa shape index (κ1) is 11.4. The second-order valence-corrected chi connectivity index (χ2v) is 4.92. The Kier molecular flexibility index (Phi) is 3.08. The van der Waals surface area contributed by atoms with Gasteiger partial charge >= 0.3 is 0 Å². The maximum Gasteiger partial charge on any atom is 0.296 e. The molecule has 0 aromatic carbocycles. The minimum absolute atomic E-state index is 0.0893. The molecule has 2 unspecified atom stereocenters. The number of aliphatic hydroxyl groups excluding tert-OH is 1. The zero-order valence-corrected chi connectivity index (χ0v) is 8.82. The third-order valence-electron chi connectivity index (χ3n) is 2.29. The Morgan fingerprint density at radius 1 is 1.64 bits per heavy atom. The first-order chi connectivity index (χ1) is 6.32. The summed E-state index contributed by atoms with van der Waals surface area (Å²) in [6.07, 6.45) is 1.70. The normalized spacial score (nSPS) is 25.3. The van der Waals surface area contributed by atoms with Crippen molar-refractivity contribution in [3.63, 3.8) is 0 Å². The molecule has 1 rings (SSSR count). The zero-order chi connectivity index (χ0) is 10.9. The molecule has 1 heterocycles. The summed E-state index contributed by atoms with van der Waals surface area (Å²) in [5, 5.41) is 9.24. The number of hydrogen-bond donors (Lipinski definition) is 2. The van der Waals surface area contributed by atoms with Gasteiger partial charge in [-0.15, -0.1) is 0 Å². The molecule has 0 saturated carbocycles. The fourth-order valence-corrected chi connectivity index (χ4v) is 1.76. The standard InChI is InChI=1S/C8H13NO4S/c1-5-3-7(4-9-6(5)2)8(10)14(11,12)13/h4-5,8,10H,3H2,1-2H3,(H,11,12,13). The van der Waals surface area contributed by atoms with E-state index in [1.807, 2.05) is 13.8 Å². The second-order valence-electron chi connectivity index (χ2n) is 3.45. The van der Waals surface area contributed by atoms with Gasteiger partial charge in [0, 0.05) is 11.9 Å². The fourth-order valence-electron chi connectivity index (χ4n) is 1.22. The number of hydrogen-bond acceptors (Lipinski definition) is 4. The summed E-state index contributed by atoms with van der Waals surface area (Å²) in [5.74, 6) is 0.0893. The van der Waals surface area contributed by atoms with Gasteiger partial charge in [-0.3, -0.25) is 9.55 Å². The molecular formula is C8H13NO4S. The topological polar surface area (TPSA) is 87.0 Å². The smallest absolute Gasteiger partial charge is 0.296 e. The molecule has 0 aromatic heterocycles. The fraction of sp³-hybridized carbons (Fsp3) is 0.625. The highest BCUT2D eigenvalue weighted by Crippen LogP contribution is 2.23. The van der Waals surface area contributed by atoms with Crippen molar-refractivity contribution in [1.82, 2.24) is 0 Å². The minimum atomic E-state index is -4.43. The van der Waals surface area contributed by atoms with Crippen LogP contribution in [0.5, 0.6) is 0 Å². The predicted molar refractivity (Wildman–Crippen MR) is 52.5 cm³/mol. The van der Waals surface area contributed by atoms with Crippen molar-refractivity contribution in [1.29, 1.82) is 0 Å². The Morgan fingerprint density at radius 3 is 2.64 bits per heavy atom. The third-order valence-corrected chi connectivity index (χ3v) is 3.16. The van der Waals surface area contributed by atoms with Crippen molar-refractivity contribution < 1.29 is 18.1 Å². The molecule has 0 radical (unpaired) electrons. The molecule has 0 aromatic rings. The molecule has 1 aliphatic rings. The molecule has 2 N–H and O–H groups in total. The van der Waals surface area contributed by atoms with Crippen molar-refractivity contribution in [2.24, 2.45) is 10.9 Å². The van der Waals surface area contributed by atoms with E-state index in [1.165, 1.54) is 6.20 Å². The van der Waals surface area contributed by atoms with Gasteiger partial charge in [0.1, 0.15) is 0 Å². The SMILES string of the molecule is CC1=NC=C(C(O)S(=O)(=O)O)CC1C. The lowest BCUT2D eigenvalue weighted by Crippen LogP contribution is -2.26. The highest BCUT2D eigenvalue weighted by atomic mass is 32.2. The van der Waals surface area contributed by atoms with Crippen molar-refractivity contribution in [3.05, 3.63) is 11.8 Å². The first-order valence-electron chi connectivity index (χ1n) is 4.20. The van der Waals surface area contributed by atoms with E-state index in [4.69, 9.17) is 4.55 Å². The molecule has 1 aliphatic heterocycles. The van der Waals surface area contributed by atoms with Gasteiger partial charge in [0.15, 0.2) is 0 Å². The van der Waals surface area contributed by atoms with Crippen molar-refractivity contribution in [2.75, 3.05) is 0 Å². The predicted octanol–water partition coefficient (Wildman–Crippen LogP) is 0.577. The summed E-state index contributed by atoms with van der Waals surface area (Å²) in [4.78, 5) is 3.95. The maximum absolute atomic E-state index is 10.6. The van der Waals surface area contributed by atoms with Crippen LogP contribution in [-0.2, 0) is 10.1 Å². The van der Waals surface area contributed by atoms with Gasteiger partial charge in [0.2, 0.25) is 5.44 Å². The highest BCUT2D eigenvalue weighted by molar-refractivity contribution is 7.86. The van der Waals surface area contributed by atoms with E-state index in [-0.39, 0.29) is 11.5 Å². The molecule has 2 atom stereocenters. The summed E-state index contributed by atoms with van der Waals surface area (Å²) in [7, 11) is -4.43. The van der Waals surface area contributed by atoms with Gasteiger partial charge in [-0.1, -0.05) is 6.92 Å². The van der Waals surface area contributed by atoms with Crippen LogP contribution in [-0.4, -0.2) is 29.2 Å². The lowest BCUT2D eigenvalue weighted by molar-refractivity contribution is 0.258. The molecule has 0 spiro atoms. The Hall–Kier alpha value is -0.720. The lowest BCUT2D eigenvalue weighted by atomic mass is 9.96. The summed E-state index contributed by atoms with van der Waals surface area (Å²) in [6, 6.07) is 0. The van der Waals surface area contributed by atoms with E-state index in [9.17, 15) is 13.5 Å². The monoisotopic (exact) mass is 219 g/mol. The second kappa shape index (κ2) is 3.80. The molecule has 0 saturated heterocycles. The average Bonchev–Trinajstić information content (AvgIpc) is 2.07. The summed E-state index contributed by atoms with van der Waals surface area (Å²) < 4.78 is 29.9. The van der Waals surface area contributed by atoms with Crippen LogP contribution in [0, 0.1) is 5.92 Å². The van der Waals surface area contributed by atoms with Gasteiger partial charge in [-0.2, -0.15) is 8.42 Å². The number of nitrogens with zero attached hydrogens (tertiary/aromatic N) is 1. The van der Waals surface area contributed by atoms with Gasteiger partial charge in [-0.25, -0.2) is 0 Å². The van der Waals surface area contributed by atoms with Crippen molar-refractivity contribution >= 4 is 15.8 Å². The number of aliphatic hydroxyl groups is 1. The number of rotatable bonds is 2. The number of aliphatic imine (C=N–C) groups is 1. The molecule has 0 fully saturated rings. The summed E-state index contributed by atoms with van der Waals surface area (Å²) >= 11 is 0. The van der Waals surface area contributed by atoms with Crippen LogP contribution in [0.1, 0.15) is 20.3 Å². The van der Waals surface area contributed by atoms with Crippen LogP contribution < -0.4 is 0 Å². The van der Waals surface area contributed by atoms with E-state index >= 15 is 0 Å². The molecule has 0 amide bonds. The summed E-state index contributed by atoms with van der Waals surface area (Å²) in [5.41, 5.74) is -0.733. The van der Waals surface area contributed by atoms with Crippen LogP contribution in [0.15, 0.2) is 16.8 Å². The van der Waals surface area contributed by atoms with Crippen LogP contribution in [0.2, 0.25) is 0 Å². The minimum Gasteiger partial charge on any atom is -0.372 e. The summed E-state index contributed by atoms with van der Waals surface area (Å²) in [6.45, 7) is 3.71. The van der Waals surface area contributed by atoms with E-state index in [0.717, 1.165) is 5.71 Å². The van der Waals surface area contributed by atoms with Gasteiger partial charge in [0.05, 0.1) is 0 Å². The molecular weight excluding hydrogens is 206 g/mol. The Bertz CT molecular complexity index is 382. The molecule has 14 heavy (non-hydrogen) atoms. The van der Waals surface area contributed by atoms with E-state index in [1.54, 1.807) is 0 Å². The average molecular weight is 219 g/mol. The maximum atomic E-state index is 10.6. The Balaban J connectivity index is 2.93. The quantitative estimate of drug-likeness (QED) is 0.665. The third kappa shape index (κ3) is 2.40. The zero-order valence-electron chi connectivity index (χ0n) is 8.01. The van der Waals surface area contributed by atoms with Crippen LogP contribution >= 0.6 is 0 Å².